The van der Waals surface area contributed by atoms with Gasteiger partial charge in [0.05, 0.1) is 0 Å². The van der Waals surface area contributed by atoms with Gasteiger partial charge in [-0.25, -0.2) is 0 Å². The molecule has 5 heteroatoms. The number of nitrogens with zero attached hydrogens (tertiary/aromatic N) is 2. The second kappa shape index (κ2) is 5.50. The highest BCUT2D eigenvalue weighted by molar-refractivity contribution is 5.92. The number of nitrogens with two attached hydrogens (primary N) is 1. The molecular formula is C10H18N4O. The summed E-state index contributed by atoms with van der Waals surface area (Å²) in [4.78, 5) is 11.8. The molecule has 0 bridgehead atoms. The van der Waals surface area contributed by atoms with Crippen molar-refractivity contribution in [3.63, 3.8) is 0 Å². The van der Waals surface area contributed by atoms with Gasteiger partial charge in [0.1, 0.15) is 5.69 Å². The number of carbonyl (C=O) groups is 1. The third kappa shape index (κ3) is 3.06. The maximum atomic E-state index is 11.8. The van der Waals surface area contributed by atoms with Gasteiger partial charge in [-0.05, 0) is 25.5 Å². The van der Waals surface area contributed by atoms with Crippen LogP contribution in [0.5, 0.6) is 0 Å². The normalized spacial score (nSPS) is 12.5. The summed E-state index contributed by atoms with van der Waals surface area (Å²) >= 11 is 0. The number of hydrogen-bond acceptors (Lipinski definition) is 3. The molecule has 0 fully saturated rings. The highest BCUT2D eigenvalue weighted by atomic mass is 16.2. The smallest absolute Gasteiger partial charge is 0.269 e. The quantitative estimate of drug-likeness (QED) is 0.733. The summed E-state index contributed by atoms with van der Waals surface area (Å²) < 4.78 is 1.56. The van der Waals surface area contributed by atoms with Crippen LogP contribution in [0.25, 0.3) is 0 Å². The van der Waals surface area contributed by atoms with Gasteiger partial charge in [0.2, 0.25) is 0 Å². The summed E-state index contributed by atoms with van der Waals surface area (Å²) in [6.07, 6.45) is 3.31. The number of aromatic nitrogens is 2. The van der Waals surface area contributed by atoms with Gasteiger partial charge in [-0.3, -0.25) is 9.48 Å². The minimum absolute atomic E-state index is 0.0877. The third-order valence-electron chi connectivity index (χ3n) is 2.40. The lowest BCUT2D eigenvalue weighted by molar-refractivity contribution is 0.0925. The molecule has 15 heavy (non-hydrogen) atoms. The zero-order valence-corrected chi connectivity index (χ0v) is 9.23. The first kappa shape index (κ1) is 11.7. The summed E-state index contributed by atoms with van der Waals surface area (Å²) in [7, 11) is 1.75. The van der Waals surface area contributed by atoms with E-state index in [1.807, 2.05) is 6.92 Å². The SMILES string of the molecule is CCC(CCN)NC(=O)c1ccnn1C. The van der Waals surface area contributed by atoms with Crippen LogP contribution in [-0.2, 0) is 7.05 Å². The molecule has 0 saturated heterocycles. The first-order chi connectivity index (χ1) is 7.19. The Kier molecular flexibility index (Phi) is 4.30. The van der Waals surface area contributed by atoms with E-state index in [4.69, 9.17) is 5.73 Å². The first-order valence-corrected chi connectivity index (χ1v) is 5.18. The fraction of sp³-hybridized carbons (Fsp3) is 0.600. The molecule has 0 saturated carbocycles. The minimum Gasteiger partial charge on any atom is -0.348 e. The topological polar surface area (TPSA) is 72.9 Å². The number of hydrogen-bond donors (Lipinski definition) is 2. The Morgan fingerprint density at radius 1 is 1.73 bits per heavy atom. The molecule has 1 rings (SSSR count). The van der Waals surface area contributed by atoms with Crippen molar-refractivity contribution < 1.29 is 4.79 Å². The van der Waals surface area contributed by atoms with Gasteiger partial charge in [-0.1, -0.05) is 6.92 Å². The van der Waals surface area contributed by atoms with Crippen molar-refractivity contribution in [2.24, 2.45) is 12.8 Å². The van der Waals surface area contributed by atoms with Crippen LogP contribution in [0.1, 0.15) is 30.3 Å². The molecule has 1 aromatic rings. The largest absolute Gasteiger partial charge is 0.348 e. The van der Waals surface area contributed by atoms with Gasteiger partial charge < -0.3 is 11.1 Å². The van der Waals surface area contributed by atoms with Crippen molar-refractivity contribution in [2.75, 3.05) is 6.54 Å². The Labute approximate surface area is 89.6 Å². The van der Waals surface area contributed by atoms with Crippen LogP contribution in [0.2, 0.25) is 0 Å². The Bertz CT molecular complexity index is 321. The Balaban J connectivity index is 2.58. The van der Waals surface area contributed by atoms with Crippen molar-refractivity contribution in [1.29, 1.82) is 0 Å². The van der Waals surface area contributed by atoms with Gasteiger partial charge in [0.25, 0.3) is 5.91 Å². The van der Waals surface area contributed by atoms with Crippen molar-refractivity contribution >= 4 is 5.91 Å². The number of rotatable bonds is 5. The molecule has 0 radical (unpaired) electrons. The average Bonchev–Trinajstić information content (AvgIpc) is 2.63. The van der Waals surface area contributed by atoms with Crippen LogP contribution in [0.15, 0.2) is 12.3 Å². The van der Waals surface area contributed by atoms with Crippen LogP contribution in [-0.4, -0.2) is 28.3 Å². The molecule has 0 aliphatic carbocycles. The molecule has 0 spiro atoms. The molecule has 1 unspecified atom stereocenters. The fourth-order valence-corrected chi connectivity index (χ4v) is 1.44. The number of carbonyl (C=O) groups excluding carboxylic acids is 1. The van der Waals surface area contributed by atoms with Gasteiger partial charge >= 0.3 is 0 Å². The summed E-state index contributed by atoms with van der Waals surface area (Å²) in [5.74, 6) is -0.0877. The van der Waals surface area contributed by atoms with E-state index in [1.165, 1.54) is 0 Å². The molecule has 1 aromatic heterocycles. The summed E-state index contributed by atoms with van der Waals surface area (Å²) in [6.45, 7) is 2.62. The van der Waals surface area contributed by atoms with E-state index in [9.17, 15) is 4.79 Å². The van der Waals surface area contributed by atoms with Crippen LogP contribution in [0.4, 0.5) is 0 Å². The summed E-state index contributed by atoms with van der Waals surface area (Å²) in [5, 5.41) is 6.88. The van der Waals surface area contributed by atoms with E-state index in [-0.39, 0.29) is 11.9 Å². The van der Waals surface area contributed by atoms with Crippen molar-refractivity contribution in [2.45, 2.75) is 25.8 Å². The first-order valence-electron chi connectivity index (χ1n) is 5.18. The van der Waals surface area contributed by atoms with Gasteiger partial charge in [-0.15, -0.1) is 0 Å². The number of amides is 1. The van der Waals surface area contributed by atoms with Gasteiger partial charge in [0.15, 0.2) is 0 Å². The molecular weight excluding hydrogens is 192 g/mol. The zero-order chi connectivity index (χ0) is 11.3. The predicted molar refractivity (Wildman–Crippen MR) is 58.4 cm³/mol. The number of aryl methyl sites for hydroxylation is 1. The molecule has 1 amide bonds. The van der Waals surface area contributed by atoms with Gasteiger partial charge in [-0.2, -0.15) is 5.10 Å². The maximum absolute atomic E-state index is 11.8. The number of nitrogens with one attached hydrogen (secondary N) is 1. The van der Waals surface area contributed by atoms with Crippen LogP contribution in [0, 0.1) is 0 Å². The van der Waals surface area contributed by atoms with Crippen molar-refractivity contribution in [3.8, 4) is 0 Å². The van der Waals surface area contributed by atoms with Crippen LogP contribution >= 0.6 is 0 Å². The molecule has 1 atom stereocenters. The molecule has 1 heterocycles. The predicted octanol–water partition coefficient (Wildman–Crippen LogP) is 0.277. The second-order valence-corrected chi connectivity index (χ2v) is 3.50. The van der Waals surface area contributed by atoms with E-state index < -0.39 is 0 Å². The molecule has 3 N–H and O–H groups in total. The summed E-state index contributed by atoms with van der Waals surface area (Å²) in [6, 6.07) is 1.85. The van der Waals surface area contributed by atoms with Crippen molar-refractivity contribution in [3.05, 3.63) is 18.0 Å². The monoisotopic (exact) mass is 210 g/mol. The lowest BCUT2D eigenvalue weighted by atomic mass is 10.1. The highest BCUT2D eigenvalue weighted by Gasteiger charge is 2.13. The second-order valence-electron chi connectivity index (χ2n) is 3.50. The van der Waals surface area contributed by atoms with E-state index in [0.29, 0.717) is 12.2 Å². The van der Waals surface area contributed by atoms with Crippen LogP contribution in [0.3, 0.4) is 0 Å². The van der Waals surface area contributed by atoms with E-state index in [1.54, 1.807) is 24.0 Å². The van der Waals surface area contributed by atoms with E-state index >= 15 is 0 Å². The zero-order valence-electron chi connectivity index (χ0n) is 9.23. The van der Waals surface area contributed by atoms with Crippen molar-refractivity contribution in [1.82, 2.24) is 15.1 Å². The Hall–Kier alpha value is -1.36. The molecule has 0 aliphatic heterocycles. The molecule has 5 nitrogen and oxygen atoms in total. The minimum atomic E-state index is -0.0877. The Morgan fingerprint density at radius 2 is 2.47 bits per heavy atom. The maximum Gasteiger partial charge on any atom is 0.269 e. The third-order valence-corrected chi connectivity index (χ3v) is 2.40. The molecule has 84 valence electrons. The molecule has 0 aliphatic rings. The van der Waals surface area contributed by atoms with Crippen LogP contribution < -0.4 is 11.1 Å². The van der Waals surface area contributed by atoms with E-state index in [2.05, 4.69) is 10.4 Å². The molecule has 0 aromatic carbocycles. The average molecular weight is 210 g/mol. The highest BCUT2D eigenvalue weighted by Crippen LogP contribution is 2.00. The fourth-order valence-electron chi connectivity index (χ4n) is 1.44. The summed E-state index contributed by atoms with van der Waals surface area (Å²) in [5.41, 5.74) is 6.03. The lowest BCUT2D eigenvalue weighted by Crippen LogP contribution is -2.36. The Morgan fingerprint density at radius 3 is 2.93 bits per heavy atom. The standard InChI is InChI=1S/C10H18N4O/c1-3-8(4-6-11)13-10(15)9-5-7-12-14(9)2/h5,7-8H,3-4,6,11H2,1-2H3,(H,13,15). The van der Waals surface area contributed by atoms with E-state index in [0.717, 1.165) is 12.8 Å². The lowest BCUT2D eigenvalue weighted by Gasteiger charge is -2.15. The van der Waals surface area contributed by atoms with Gasteiger partial charge in [0, 0.05) is 19.3 Å².